The van der Waals surface area contributed by atoms with Gasteiger partial charge < -0.3 is 14.2 Å². The highest BCUT2D eigenvalue weighted by Gasteiger charge is 2.38. The van der Waals surface area contributed by atoms with E-state index in [9.17, 15) is 14.2 Å². The molecule has 0 bridgehead atoms. The summed E-state index contributed by atoms with van der Waals surface area (Å²) >= 11 is 2.55. The summed E-state index contributed by atoms with van der Waals surface area (Å²) in [4.78, 5) is 25.2. The number of amides is 2. The van der Waals surface area contributed by atoms with Crippen molar-refractivity contribution in [3.8, 4) is 0 Å². The number of carbonyl (C=O) groups excluding carboxylic acids is 2. The van der Waals surface area contributed by atoms with Gasteiger partial charge in [0.05, 0.1) is 19.6 Å². The lowest BCUT2D eigenvalue weighted by molar-refractivity contribution is -0.144. The summed E-state index contributed by atoms with van der Waals surface area (Å²) in [5.74, 6) is 0.979. The molecule has 0 aromatic heterocycles. The highest BCUT2D eigenvalue weighted by Crippen LogP contribution is 2.56. The average Bonchev–Trinajstić information content (AvgIpc) is 2.94. The fourth-order valence-electron chi connectivity index (χ4n) is 1.64. The molecule has 21 heavy (non-hydrogen) atoms. The predicted octanol–water partition coefficient (Wildman–Crippen LogP) is 2.53. The van der Waals surface area contributed by atoms with Gasteiger partial charge in [-0.15, -0.1) is 11.8 Å². The molecule has 0 spiro atoms. The number of esters is 1. The smallest absolute Gasteiger partial charge is 0.354 e. The number of carbonyl (C=O) groups is 2. The Morgan fingerprint density at radius 2 is 2.19 bits per heavy atom. The van der Waals surface area contributed by atoms with E-state index in [2.05, 4.69) is 9.82 Å². The van der Waals surface area contributed by atoms with Crippen molar-refractivity contribution in [3.63, 3.8) is 0 Å². The summed E-state index contributed by atoms with van der Waals surface area (Å²) in [7, 11) is 1.28. The first kappa shape index (κ1) is 18.7. The van der Waals surface area contributed by atoms with Crippen LogP contribution >= 0.6 is 29.9 Å². The number of urea groups is 1. The van der Waals surface area contributed by atoms with Gasteiger partial charge in [-0.1, -0.05) is 6.92 Å². The van der Waals surface area contributed by atoms with Crippen LogP contribution in [0.2, 0.25) is 0 Å². The minimum Gasteiger partial charge on any atom is -0.467 e. The lowest BCUT2D eigenvalue weighted by Gasteiger charge is -2.25. The van der Waals surface area contributed by atoms with Crippen LogP contribution in [0.15, 0.2) is 0 Å². The molecular formula is C11H21N2O5PS2. The second-order valence-corrected chi connectivity index (χ2v) is 9.53. The van der Waals surface area contributed by atoms with E-state index in [0.717, 1.165) is 17.8 Å². The van der Waals surface area contributed by atoms with Crippen molar-refractivity contribution in [1.29, 1.82) is 0 Å². The van der Waals surface area contributed by atoms with Crippen LogP contribution in [-0.2, 0) is 18.6 Å². The summed E-state index contributed by atoms with van der Waals surface area (Å²) in [5.41, 5.74) is 0. The van der Waals surface area contributed by atoms with Crippen molar-refractivity contribution in [3.05, 3.63) is 0 Å². The number of nitrogens with one attached hydrogen (secondary N) is 1. The Labute approximate surface area is 133 Å². The van der Waals surface area contributed by atoms with Gasteiger partial charge in [-0.2, -0.15) is 0 Å². The number of hydrogen-bond donors (Lipinski definition) is 1. The van der Waals surface area contributed by atoms with Crippen molar-refractivity contribution < 1.29 is 23.4 Å². The average molecular weight is 356 g/mol. The molecule has 1 aliphatic rings. The maximum atomic E-state index is 12.5. The molecule has 0 aromatic rings. The number of nitrogens with zero attached hydrogens (tertiary/aromatic N) is 1. The van der Waals surface area contributed by atoms with Crippen molar-refractivity contribution in [2.45, 2.75) is 26.3 Å². The molecule has 2 amide bonds. The molecule has 7 nitrogen and oxygen atoms in total. The topological polar surface area (TPSA) is 84.9 Å². The van der Waals surface area contributed by atoms with Crippen LogP contribution < -0.4 is 5.09 Å². The van der Waals surface area contributed by atoms with E-state index in [1.807, 2.05) is 6.92 Å². The van der Waals surface area contributed by atoms with E-state index in [0.29, 0.717) is 17.4 Å². The maximum absolute atomic E-state index is 12.5. The van der Waals surface area contributed by atoms with Crippen molar-refractivity contribution in [2.24, 2.45) is 0 Å². The Morgan fingerprint density at radius 1 is 1.48 bits per heavy atom. The molecule has 2 unspecified atom stereocenters. The van der Waals surface area contributed by atoms with Gasteiger partial charge in [0, 0.05) is 11.5 Å². The molecule has 0 aliphatic carbocycles. The molecule has 1 heterocycles. The summed E-state index contributed by atoms with van der Waals surface area (Å²) in [6.45, 7) is 0.614. The zero-order chi connectivity index (χ0) is 15.9. The lowest BCUT2D eigenvalue weighted by atomic mass is 10.3. The zero-order valence-corrected chi connectivity index (χ0v) is 14.9. The van der Waals surface area contributed by atoms with E-state index in [-0.39, 0.29) is 6.61 Å². The third-order valence-corrected chi connectivity index (χ3v) is 7.78. The molecule has 1 aliphatic heterocycles. The molecule has 0 saturated carbocycles. The molecule has 10 heteroatoms. The normalized spacial score (nSPS) is 20.9. The SMILES string of the molecule is CCCSP(=O)(NC(=O)N1CSCC1C(=O)OC)OCC. The monoisotopic (exact) mass is 356 g/mol. The number of ether oxygens (including phenoxy) is 1. The number of hydrogen-bond acceptors (Lipinski definition) is 7. The van der Waals surface area contributed by atoms with Gasteiger partial charge in [-0.05, 0) is 24.7 Å². The van der Waals surface area contributed by atoms with Gasteiger partial charge in [0.1, 0.15) is 6.04 Å². The van der Waals surface area contributed by atoms with Crippen LogP contribution in [0.3, 0.4) is 0 Å². The van der Waals surface area contributed by atoms with Crippen LogP contribution in [0.4, 0.5) is 4.79 Å². The van der Waals surface area contributed by atoms with Crippen molar-refractivity contribution in [1.82, 2.24) is 9.99 Å². The van der Waals surface area contributed by atoms with Gasteiger partial charge in [-0.3, -0.25) is 9.65 Å². The van der Waals surface area contributed by atoms with Crippen LogP contribution in [0.1, 0.15) is 20.3 Å². The first-order chi connectivity index (χ1) is 9.97. The molecule has 0 radical (unpaired) electrons. The Hall–Kier alpha value is -0.370. The molecule has 2 atom stereocenters. The Balaban J connectivity index is 2.72. The maximum Gasteiger partial charge on any atom is 0.354 e. The second kappa shape index (κ2) is 8.92. The van der Waals surface area contributed by atoms with Crippen LogP contribution in [0.25, 0.3) is 0 Å². The highest BCUT2D eigenvalue weighted by atomic mass is 32.7. The first-order valence-electron chi connectivity index (χ1n) is 6.61. The standard InChI is InChI=1S/C11H21N2O5PS2/c1-4-6-21-19(16,18-5-2)12-11(15)13-8-20-7-9(13)10(14)17-3/h9H,4-8H2,1-3H3,(H,12,15,16). The zero-order valence-electron chi connectivity index (χ0n) is 12.4. The van der Waals surface area contributed by atoms with Crippen LogP contribution in [0.5, 0.6) is 0 Å². The third-order valence-electron chi connectivity index (χ3n) is 2.61. The second-order valence-electron chi connectivity index (χ2n) is 4.17. The van der Waals surface area contributed by atoms with Gasteiger partial charge in [0.15, 0.2) is 0 Å². The van der Waals surface area contributed by atoms with E-state index in [1.54, 1.807) is 6.92 Å². The molecule has 1 saturated heterocycles. The lowest BCUT2D eigenvalue weighted by Crippen LogP contribution is -2.46. The highest BCUT2D eigenvalue weighted by molar-refractivity contribution is 8.56. The Morgan fingerprint density at radius 3 is 2.76 bits per heavy atom. The van der Waals surface area contributed by atoms with E-state index < -0.39 is 24.8 Å². The summed E-state index contributed by atoms with van der Waals surface area (Å²) < 4.78 is 22.4. The van der Waals surface area contributed by atoms with E-state index >= 15 is 0 Å². The van der Waals surface area contributed by atoms with Crippen LogP contribution in [0, 0.1) is 0 Å². The molecule has 1 rings (SSSR count). The minimum atomic E-state index is -3.30. The number of thioether (sulfide) groups is 1. The van der Waals surface area contributed by atoms with Crippen molar-refractivity contribution >= 4 is 41.9 Å². The first-order valence-corrected chi connectivity index (χ1v) is 11.0. The molecule has 0 aromatic carbocycles. The Kier molecular flexibility index (Phi) is 7.94. The quantitative estimate of drug-likeness (QED) is 0.554. The number of methoxy groups -OCH3 is 1. The summed E-state index contributed by atoms with van der Waals surface area (Å²) in [6, 6.07) is -1.21. The summed E-state index contributed by atoms with van der Waals surface area (Å²) in [6.07, 6.45) is 0.821. The van der Waals surface area contributed by atoms with E-state index in [4.69, 9.17) is 4.52 Å². The Bertz CT molecular complexity index is 423. The van der Waals surface area contributed by atoms with Crippen LogP contribution in [-0.4, -0.2) is 54.0 Å². The van der Waals surface area contributed by atoms with Crippen molar-refractivity contribution in [2.75, 3.05) is 31.1 Å². The van der Waals surface area contributed by atoms with Gasteiger partial charge in [0.25, 0.3) is 0 Å². The minimum absolute atomic E-state index is 0.240. The fraction of sp³-hybridized carbons (Fsp3) is 0.818. The molecular weight excluding hydrogens is 335 g/mol. The third kappa shape index (κ3) is 5.39. The molecule has 1 fully saturated rings. The van der Waals surface area contributed by atoms with Gasteiger partial charge >= 0.3 is 18.7 Å². The van der Waals surface area contributed by atoms with Gasteiger partial charge in [0.2, 0.25) is 0 Å². The fourth-order valence-corrected chi connectivity index (χ4v) is 6.34. The van der Waals surface area contributed by atoms with E-state index in [1.165, 1.54) is 23.8 Å². The predicted molar refractivity (Wildman–Crippen MR) is 85.5 cm³/mol. The number of rotatable bonds is 7. The largest absolute Gasteiger partial charge is 0.467 e. The molecule has 1 N–H and O–H groups in total. The summed E-state index contributed by atoms with van der Waals surface area (Å²) in [5, 5.41) is 2.44. The van der Waals surface area contributed by atoms with Gasteiger partial charge in [-0.25, -0.2) is 9.59 Å². The molecule has 122 valence electrons.